The Labute approximate surface area is 209 Å². The van der Waals surface area contributed by atoms with E-state index in [1.54, 1.807) is 17.4 Å². The van der Waals surface area contributed by atoms with Gasteiger partial charge in [-0.1, -0.05) is 46.3 Å². The fourth-order valence-electron chi connectivity index (χ4n) is 3.45. The lowest BCUT2D eigenvalue weighted by molar-refractivity contribution is -0.672. The van der Waals surface area contributed by atoms with E-state index in [0.717, 1.165) is 30.8 Å². The summed E-state index contributed by atoms with van der Waals surface area (Å²) >= 11 is 15.5. The maximum Gasteiger partial charge on any atom is 0.267 e. The fraction of sp³-hybridized carbons (Fsp3) is 0.238. The molecule has 1 aromatic heterocycles. The predicted molar refractivity (Wildman–Crippen MR) is 133 cm³/mol. The van der Waals surface area contributed by atoms with Gasteiger partial charge in [0.1, 0.15) is 4.70 Å². The van der Waals surface area contributed by atoms with Crippen molar-refractivity contribution < 1.29 is 22.3 Å². The number of halogens is 2. The zero-order valence-corrected chi connectivity index (χ0v) is 21.3. The summed E-state index contributed by atoms with van der Waals surface area (Å²) in [5.74, 6) is -0.596. The lowest BCUT2D eigenvalue weighted by atomic mass is 10.2. The molecule has 0 radical (unpaired) electrons. The molecule has 1 amide bonds. The van der Waals surface area contributed by atoms with Crippen LogP contribution in [0.1, 0.15) is 18.4 Å². The highest BCUT2D eigenvalue weighted by Gasteiger charge is 2.28. The van der Waals surface area contributed by atoms with Crippen molar-refractivity contribution in [2.75, 3.05) is 17.2 Å². The number of carbonyl (C=O) groups excluding carboxylic acids is 1. The zero-order valence-electron chi connectivity index (χ0n) is 17.4. The van der Waals surface area contributed by atoms with E-state index in [1.165, 1.54) is 18.7 Å². The fourth-order valence-corrected chi connectivity index (χ4v) is 6.53. The number of fused-ring (bicyclic) bond motifs is 2. The number of thiazole rings is 1. The van der Waals surface area contributed by atoms with Crippen molar-refractivity contribution >= 4 is 84.3 Å². The largest absolute Gasteiger partial charge is 0.748 e. The van der Waals surface area contributed by atoms with E-state index in [9.17, 15) is 17.8 Å². The Hall–Kier alpha value is -1.82. The van der Waals surface area contributed by atoms with Crippen molar-refractivity contribution in [2.24, 2.45) is 0 Å². The lowest BCUT2D eigenvalue weighted by Crippen LogP contribution is -2.44. The number of rotatable bonds is 7. The second-order valence-electron chi connectivity index (χ2n) is 7.34. The van der Waals surface area contributed by atoms with E-state index < -0.39 is 15.9 Å². The Morgan fingerprint density at radius 1 is 1.21 bits per heavy atom. The summed E-state index contributed by atoms with van der Waals surface area (Å²) in [7, 11) is -4.31. The van der Waals surface area contributed by atoms with Gasteiger partial charge >= 0.3 is 0 Å². The molecule has 0 atom stereocenters. The van der Waals surface area contributed by atoms with Gasteiger partial charge in [0.15, 0.2) is 0 Å². The van der Waals surface area contributed by atoms with Crippen molar-refractivity contribution in [3.8, 4) is 0 Å². The van der Waals surface area contributed by atoms with E-state index in [2.05, 4.69) is 5.32 Å². The SMILES string of the molecule is CC(=O)NC[n+]1c(/C=C2\Sc3ccc(Cl)cc3N2CCCS(=O)(=O)[O-])sc2ccc(Cl)cc21. The molecule has 4 rings (SSSR count). The summed E-state index contributed by atoms with van der Waals surface area (Å²) in [6.07, 6.45) is 2.17. The first-order valence-electron chi connectivity index (χ1n) is 9.87. The summed E-state index contributed by atoms with van der Waals surface area (Å²) in [5.41, 5.74) is 1.75. The summed E-state index contributed by atoms with van der Waals surface area (Å²) < 4.78 is 36.3. The molecular formula is C21H19Cl2N3O4S3. The first-order valence-corrected chi connectivity index (χ1v) is 13.8. The maximum absolute atomic E-state index is 11.6. The van der Waals surface area contributed by atoms with Crippen LogP contribution in [0.3, 0.4) is 0 Å². The molecule has 0 saturated heterocycles. The number of anilines is 1. The van der Waals surface area contributed by atoms with Gasteiger partial charge in [-0.25, -0.2) is 8.42 Å². The number of carbonyl (C=O) groups is 1. The molecule has 2 aromatic carbocycles. The zero-order chi connectivity index (χ0) is 23.8. The van der Waals surface area contributed by atoms with Gasteiger partial charge in [0.25, 0.3) is 5.01 Å². The van der Waals surface area contributed by atoms with Crippen LogP contribution in [-0.2, 0) is 21.6 Å². The summed E-state index contributed by atoms with van der Waals surface area (Å²) in [4.78, 5) is 14.5. The molecule has 1 aliphatic rings. The smallest absolute Gasteiger partial charge is 0.267 e. The number of nitrogens with zero attached hydrogens (tertiary/aromatic N) is 2. The van der Waals surface area contributed by atoms with Gasteiger partial charge in [-0.2, -0.15) is 4.57 Å². The average Bonchev–Trinajstić information content (AvgIpc) is 3.23. The van der Waals surface area contributed by atoms with Crippen LogP contribution in [0.5, 0.6) is 0 Å². The van der Waals surface area contributed by atoms with Crippen LogP contribution in [0.15, 0.2) is 46.3 Å². The number of hydrogen-bond donors (Lipinski definition) is 1. The molecule has 7 nitrogen and oxygen atoms in total. The first kappa shape index (κ1) is 24.3. The molecule has 12 heteroatoms. The monoisotopic (exact) mass is 543 g/mol. The Balaban J connectivity index is 1.75. The number of aromatic nitrogens is 1. The molecule has 2 heterocycles. The van der Waals surface area contributed by atoms with Crippen molar-refractivity contribution in [1.29, 1.82) is 0 Å². The van der Waals surface area contributed by atoms with Crippen molar-refractivity contribution in [1.82, 2.24) is 5.32 Å². The lowest BCUT2D eigenvalue weighted by Gasteiger charge is -2.20. The third kappa shape index (κ3) is 5.82. The van der Waals surface area contributed by atoms with E-state index in [1.807, 2.05) is 45.9 Å². The van der Waals surface area contributed by atoms with Gasteiger partial charge < -0.3 is 14.8 Å². The number of hydrogen-bond acceptors (Lipinski definition) is 7. The number of benzene rings is 2. The third-order valence-electron chi connectivity index (χ3n) is 4.89. The van der Waals surface area contributed by atoms with Crippen LogP contribution in [0.4, 0.5) is 5.69 Å². The number of nitrogens with one attached hydrogen (secondary N) is 1. The second-order valence-corrected chi connectivity index (χ2v) is 11.9. The molecule has 0 saturated carbocycles. The third-order valence-corrected chi connectivity index (χ3v) is 8.38. The van der Waals surface area contributed by atoms with Gasteiger partial charge in [-0.15, -0.1) is 0 Å². The Morgan fingerprint density at radius 3 is 2.67 bits per heavy atom. The molecule has 0 fully saturated rings. The Bertz CT molecular complexity index is 1370. The number of thioether (sulfide) groups is 1. The van der Waals surface area contributed by atoms with E-state index >= 15 is 0 Å². The molecule has 3 aromatic rings. The van der Waals surface area contributed by atoms with Crippen LogP contribution in [0, 0.1) is 0 Å². The predicted octanol–water partition coefficient (Wildman–Crippen LogP) is 4.44. The van der Waals surface area contributed by atoms with E-state index in [4.69, 9.17) is 23.2 Å². The molecule has 174 valence electrons. The van der Waals surface area contributed by atoms with E-state index in [-0.39, 0.29) is 19.0 Å². The molecule has 33 heavy (non-hydrogen) atoms. The normalized spacial score (nSPS) is 14.8. The van der Waals surface area contributed by atoms with E-state index in [0.29, 0.717) is 16.6 Å². The number of amides is 1. The molecule has 0 unspecified atom stereocenters. The van der Waals surface area contributed by atoms with Crippen LogP contribution in [-0.4, -0.2) is 31.2 Å². The standard InChI is InChI=1S/C21H19Cl2N3O4S3/c1-13(27)24-12-26-17-10-15(23)4-6-19(17)32-21(26)11-20-25(7-2-8-33(28,29)30)16-9-14(22)3-5-18(16)31-20/h3-6,9-11H,2,7-8,12H2,1H3,(H-,24,27,28,29,30). The summed E-state index contributed by atoms with van der Waals surface area (Å²) in [5, 5.41) is 5.73. The summed E-state index contributed by atoms with van der Waals surface area (Å²) in [6, 6.07) is 11.1. The second kappa shape index (κ2) is 9.81. The molecule has 1 aliphatic heterocycles. The molecule has 0 aliphatic carbocycles. The highest BCUT2D eigenvalue weighted by Crippen LogP contribution is 2.47. The van der Waals surface area contributed by atoms with Gasteiger partial charge in [-0.3, -0.25) is 4.79 Å². The van der Waals surface area contributed by atoms with Crippen molar-refractivity contribution in [3.63, 3.8) is 0 Å². The van der Waals surface area contributed by atoms with Gasteiger partial charge in [-0.05, 0) is 36.8 Å². The van der Waals surface area contributed by atoms with Crippen LogP contribution in [0.2, 0.25) is 10.0 Å². The first-order chi connectivity index (χ1) is 15.6. The minimum absolute atomic E-state index is 0.153. The molecule has 0 bridgehead atoms. The molecular weight excluding hydrogens is 525 g/mol. The molecule has 0 spiro atoms. The minimum atomic E-state index is -4.31. The van der Waals surface area contributed by atoms with Gasteiger partial charge in [0.2, 0.25) is 18.1 Å². The van der Waals surface area contributed by atoms with Crippen LogP contribution >= 0.6 is 46.3 Å². The maximum atomic E-state index is 11.6. The highest BCUT2D eigenvalue weighted by atomic mass is 35.5. The highest BCUT2D eigenvalue weighted by molar-refractivity contribution is 8.03. The average molecular weight is 545 g/mol. The van der Waals surface area contributed by atoms with Crippen molar-refractivity contribution in [2.45, 2.75) is 24.9 Å². The Kier molecular flexibility index (Phi) is 7.23. The van der Waals surface area contributed by atoms with Gasteiger partial charge in [0, 0.05) is 40.2 Å². The molecule has 1 N–H and O–H groups in total. The quantitative estimate of drug-likeness (QED) is 0.349. The van der Waals surface area contributed by atoms with Crippen molar-refractivity contribution in [3.05, 3.63) is 56.5 Å². The summed E-state index contributed by atoms with van der Waals surface area (Å²) in [6.45, 7) is 2.07. The van der Waals surface area contributed by atoms with Crippen LogP contribution < -0.4 is 14.8 Å². The van der Waals surface area contributed by atoms with Crippen LogP contribution in [0.25, 0.3) is 16.3 Å². The topological polar surface area (TPSA) is 93.4 Å². The Morgan fingerprint density at radius 2 is 1.94 bits per heavy atom. The minimum Gasteiger partial charge on any atom is -0.748 e. The van der Waals surface area contributed by atoms with Gasteiger partial charge in [0.05, 0.1) is 26.9 Å².